The Morgan fingerprint density at radius 1 is 1.38 bits per heavy atom. The molecule has 0 saturated carbocycles. The van der Waals surface area contributed by atoms with E-state index in [0.29, 0.717) is 31.8 Å². The lowest BCUT2D eigenvalue weighted by Crippen LogP contribution is -2.53. The van der Waals surface area contributed by atoms with Crippen LogP contribution in [0.15, 0.2) is 18.2 Å². The van der Waals surface area contributed by atoms with E-state index in [9.17, 15) is 9.18 Å². The minimum Gasteiger partial charge on any atom is -0.496 e. The summed E-state index contributed by atoms with van der Waals surface area (Å²) in [7, 11) is 1.59. The highest BCUT2D eigenvalue weighted by Crippen LogP contribution is 2.21. The minimum atomic E-state index is -0.410. The Kier molecular flexibility index (Phi) is 7.33. The highest BCUT2D eigenvalue weighted by molar-refractivity contribution is 7.98. The monoisotopic (exact) mass is 355 g/mol. The van der Waals surface area contributed by atoms with Crippen LogP contribution < -0.4 is 10.5 Å². The zero-order valence-corrected chi connectivity index (χ0v) is 15.2. The normalized spacial score (nSPS) is 16.9. The number of halogens is 1. The van der Waals surface area contributed by atoms with Gasteiger partial charge in [-0.15, -0.1) is 0 Å². The molecule has 0 aromatic heterocycles. The van der Waals surface area contributed by atoms with Gasteiger partial charge in [0.25, 0.3) is 0 Å². The van der Waals surface area contributed by atoms with E-state index in [1.165, 1.54) is 12.1 Å². The molecular formula is C17H26FN3O2S. The molecule has 1 aromatic carbocycles. The number of methoxy groups -OCH3 is 1. The maximum atomic E-state index is 13.5. The number of piperazine rings is 1. The van der Waals surface area contributed by atoms with Gasteiger partial charge >= 0.3 is 0 Å². The van der Waals surface area contributed by atoms with Gasteiger partial charge in [-0.1, -0.05) is 0 Å². The van der Waals surface area contributed by atoms with Crippen molar-refractivity contribution in [2.75, 3.05) is 45.3 Å². The molecule has 1 fully saturated rings. The molecule has 0 bridgehead atoms. The molecule has 1 aromatic rings. The number of carbonyl (C=O) groups excluding carboxylic acids is 1. The molecule has 1 amide bonds. The molecule has 134 valence electrons. The minimum absolute atomic E-state index is 0.0343. The molecule has 0 unspecified atom stereocenters. The van der Waals surface area contributed by atoms with Crippen LogP contribution in [0.1, 0.15) is 12.0 Å². The van der Waals surface area contributed by atoms with E-state index in [2.05, 4.69) is 4.90 Å². The van der Waals surface area contributed by atoms with E-state index in [-0.39, 0.29) is 11.7 Å². The van der Waals surface area contributed by atoms with Crippen molar-refractivity contribution in [2.24, 2.45) is 5.73 Å². The lowest BCUT2D eigenvalue weighted by molar-refractivity contribution is -0.134. The van der Waals surface area contributed by atoms with Crippen LogP contribution in [-0.4, -0.2) is 67.0 Å². The second kappa shape index (κ2) is 9.25. The van der Waals surface area contributed by atoms with Crippen LogP contribution in [0, 0.1) is 5.82 Å². The molecule has 1 saturated heterocycles. The van der Waals surface area contributed by atoms with Gasteiger partial charge in [0, 0.05) is 38.3 Å². The van der Waals surface area contributed by atoms with E-state index in [1.807, 2.05) is 11.2 Å². The standard InChI is InChI=1S/C17H26FN3O2S/c1-23-16-4-3-14(18)11-13(16)12-20-6-8-21(9-7-20)17(22)15(19)5-10-24-2/h3-4,11,15H,5-10,12,19H2,1-2H3/t15-/m0/s1. The first-order chi connectivity index (χ1) is 11.5. The number of rotatable bonds is 7. The highest BCUT2D eigenvalue weighted by atomic mass is 32.2. The fraction of sp³-hybridized carbons (Fsp3) is 0.588. The maximum absolute atomic E-state index is 13.5. The van der Waals surface area contributed by atoms with Crippen molar-refractivity contribution in [3.05, 3.63) is 29.6 Å². The molecule has 0 radical (unpaired) electrons. The van der Waals surface area contributed by atoms with Crippen molar-refractivity contribution in [2.45, 2.75) is 19.0 Å². The smallest absolute Gasteiger partial charge is 0.239 e. The van der Waals surface area contributed by atoms with Crippen molar-refractivity contribution in [3.63, 3.8) is 0 Å². The first kappa shape index (κ1) is 19.0. The van der Waals surface area contributed by atoms with Crippen LogP contribution in [0.5, 0.6) is 5.75 Å². The average molecular weight is 355 g/mol. The summed E-state index contributed by atoms with van der Waals surface area (Å²) in [5.74, 6) is 1.35. The number of amides is 1. The summed E-state index contributed by atoms with van der Waals surface area (Å²) in [5.41, 5.74) is 6.80. The van der Waals surface area contributed by atoms with Crippen LogP contribution in [0.3, 0.4) is 0 Å². The molecule has 24 heavy (non-hydrogen) atoms. The zero-order chi connectivity index (χ0) is 17.5. The summed E-state index contributed by atoms with van der Waals surface area (Å²) in [6, 6.07) is 4.14. The fourth-order valence-corrected chi connectivity index (χ4v) is 3.33. The van der Waals surface area contributed by atoms with Crippen LogP contribution in [0.2, 0.25) is 0 Å². The Labute approximate surface area is 147 Å². The number of carbonyl (C=O) groups is 1. The SMILES string of the molecule is COc1ccc(F)cc1CN1CCN(C(=O)[C@@H](N)CCSC)CC1. The quantitative estimate of drug-likeness (QED) is 0.804. The third-order valence-electron chi connectivity index (χ3n) is 4.27. The van der Waals surface area contributed by atoms with Crippen LogP contribution in [-0.2, 0) is 11.3 Å². The largest absolute Gasteiger partial charge is 0.496 e. The molecule has 5 nitrogen and oxygen atoms in total. The third kappa shape index (κ3) is 5.09. The van der Waals surface area contributed by atoms with Gasteiger partial charge in [-0.25, -0.2) is 4.39 Å². The molecule has 7 heteroatoms. The van der Waals surface area contributed by atoms with Gasteiger partial charge in [-0.05, 0) is 36.6 Å². The van der Waals surface area contributed by atoms with Crippen molar-refractivity contribution in [3.8, 4) is 5.75 Å². The summed E-state index contributed by atoms with van der Waals surface area (Å²) in [6.07, 6.45) is 2.72. The molecular weight excluding hydrogens is 329 g/mol. The summed E-state index contributed by atoms with van der Waals surface area (Å²) in [4.78, 5) is 16.4. The van der Waals surface area contributed by atoms with E-state index < -0.39 is 6.04 Å². The van der Waals surface area contributed by atoms with Gasteiger partial charge in [0.1, 0.15) is 11.6 Å². The topological polar surface area (TPSA) is 58.8 Å². The van der Waals surface area contributed by atoms with Crippen LogP contribution in [0.25, 0.3) is 0 Å². The Morgan fingerprint density at radius 2 is 2.08 bits per heavy atom. The van der Waals surface area contributed by atoms with Gasteiger partial charge < -0.3 is 15.4 Å². The van der Waals surface area contributed by atoms with Crippen molar-refractivity contribution < 1.29 is 13.9 Å². The summed E-state index contributed by atoms with van der Waals surface area (Å²) in [6.45, 7) is 3.43. The number of ether oxygens (including phenoxy) is 1. The predicted octanol–water partition coefficient (Wildman–Crippen LogP) is 1.56. The van der Waals surface area contributed by atoms with E-state index >= 15 is 0 Å². The van der Waals surface area contributed by atoms with E-state index in [1.54, 1.807) is 24.9 Å². The second-order valence-corrected chi connectivity index (χ2v) is 6.93. The highest BCUT2D eigenvalue weighted by Gasteiger charge is 2.25. The van der Waals surface area contributed by atoms with Gasteiger partial charge in [0.05, 0.1) is 13.2 Å². The van der Waals surface area contributed by atoms with E-state index in [4.69, 9.17) is 10.5 Å². The molecule has 0 aliphatic carbocycles. The Bertz CT molecular complexity index is 551. The van der Waals surface area contributed by atoms with E-state index in [0.717, 1.165) is 24.4 Å². The molecule has 2 N–H and O–H groups in total. The summed E-state index contributed by atoms with van der Waals surface area (Å²) < 4.78 is 18.7. The van der Waals surface area contributed by atoms with Gasteiger partial charge in [-0.3, -0.25) is 9.69 Å². The number of thioether (sulfide) groups is 1. The molecule has 1 aliphatic rings. The lowest BCUT2D eigenvalue weighted by Gasteiger charge is -2.36. The summed E-state index contributed by atoms with van der Waals surface area (Å²) >= 11 is 1.70. The van der Waals surface area contributed by atoms with Crippen LogP contribution >= 0.6 is 11.8 Å². The Morgan fingerprint density at radius 3 is 2.71 bits per heavy atom. The van der Waals surface area contributed by atoms with Gasteiger partial charge in [-0.2, -0.15) is 11.8 Å². The Balaban J connectivity index is 1.87. The first-order valence-electron chi connectivity index (χ1n) is 8.13. The first-order valence-corrected chi connectivity index (χ1v) is 9.52. The maximum Gasteiger partial charge on any atom is 0.239 e. The van der Waals surface area contributed by atoms with Gasteiger partial charge in [0.2, 0.25) is 5.91 Å². The molecule has 1 atom stereocenters. The number of benzene rings is 1. The number of nitrogens with zero attached hydrogens (tertiary/aromatic N) is 2. The number of nitrogens with two attached hydrogens (primary N) is 1. The lowest BCUT2D eigenvalue weighted by atomic mass is 10.1. The summed E-state index contributed by atoms with van der Waals surface area (Å²) in [5, 5.41) is 0. The zero-order valence-electron chi connectivity index (χ0n) is 14.3. The van der Waals surface area contributed by atoms with Crippen LogP contribution in [0.4, 0.5) is 4.39 Å². The molecule has 0 spiro atoms. The Hall–Kier alpha value is -1.31. The third-order valence-corrected chi connectivity index (χ3v) is 4.91. The number of hydrogen-bond donors (Lipinski definition) is 1. The molecule has 1 aliphatic heterocycles. The fourth-order valence-electron chi connectivity index (χ4n) is 2.84. The molecule has 1 heterocycles. The predicted molar refractivity (Wildman–Crippen MR) is 95.8 cm³/mol. The average Bonchev–Trinajstić information content (AvgIpc) is 2.60. The second-order valence-electron chi connectivity index (χ2n) is 5.95. The van der Waals surface area contributed by atoms with Gasteiger partial charge in [0.15, 0.2) is 0 Å². The van der Waals surface area contributed by atoms with Crippen molar-refractivity contribution >= 4 is 17.7 Å². The van der Waals surface area contributed by atoms with Crippen molar-refractivity contribution in [1.29, 1.82) is 0 Å². The number of hydrogen-bond acceptors (Lipinski definition) is 5. The molecule has 2 rings (SSSR count). The van der Waals surface area contributed by atoms with Crippen molar-refractivity contribution in [1.82, 2.24) is 9.80 Å².